The van der Waals surface area contributed by atoms with Gasteiger partial charge in [0.1, 0.15) is 17.1 Å². The van der Waals surface area contributed by atoms with Crippen molar-refractivity contribution in [3.05, 3.63) is 230 Å². The van der Waals surface area contributed by atoms with Crippen LogP contribution in [0.15, 0.2) is 223 Å². The summed E-state index contributed by atoms with van der Waals surface area (Å²) < 4.78 is 26.1. The minimum absolute atomic E-state index is 0.215. The first-order valence-electron chi connectivity index (χ1n) is 21.4. The van der Waals surface area contributed by atoms with E-state index in [0.717, 1.165) is 106 Å². The molecule has 1 aliphatic heterocycles. The normalized spacial score (nSPS) is 13.2. The SMILES string of the molecule is Fc1ccc2cc(-c3ccc4cc(N(c5ccc(-c6ccc(-c7nc8ccccc8o7)cc6)cc5)c5ccc(-c6ccc(C7Nc8ccccc8O7)cc6)cc5)ccc4c3)ccc2c1. The molecule has 0 radical (unpaired) electrons. The molecule has 1 aromatic heterocycles. The Morgan fingerprint density at radius 1 is 0.438 bits per heavy atom. The minimum atomic E-state index is -0.226. The molecule has 64 heavy (non-hydrogen) atoms. The van der Waals surface area contributed by atoms with E-state index in [-0.39, 0.29) is 12.0 Å². The molecule has 6 heteroatoms. The molecule has 0 bridgehead atoms. The van der Waals surface area contributed by atoms with Gasteiger partial charge in [0.05, 0.1) is 5.69 Å². The fourth-order valence-electron chi connectivity index (χ4n) is 8.79. The van der Waals surface area contributed by atoms with E-state index in [1.54, 1.807) is 6.07 Å². The molecule has 0 amide bonds. The smallest absolute Gasteiger partial charge is 0.227 e. The van der Waals surface area contributed by atoms with Gasteiger partial charge in [-0.15, -0.1) is 0 Å². The van der Waals surface area contributed by atoms with Crippen LogP contribution in [0.2, 0.25) is 0 Å². The van der Waals surface area contributed by atoms with E-state index in [1.807, 2.05) is 60.7 Å². The number of ether oxygens (including phenoxy) is 1. The van der Waals surface area contributed by atoms with Gasteiger partial charge in [-0.25, -0.2) is 9.37 Å². The molecule has 0 saturated heterocycles. The maximum atomic E-state index is 13.9. The van der Waals surface area contributed by atoms with E-state index in [2.05, 4.69) is 161 Å². The first kappa shape index (κ1) is 37.3. The number of hydrogen-bond acceptors (Lipinski definition) is 5. The van der Waals surface area contributed by atoms with Crippen LogP contribution >= 0.6 is 0 Å². The first-order valence-corrected chi connectivity index (χ1v) is 21.4. The highest BCUT2D eigenvalue weighted by Gasteiger charge is 2.23. The van der Waals surface area contributed by atoms with Gasteiger partial charge < -0.3 is 19.4 Å². The molecule has 0 fully saturated rings. The number of oxazole rings is 1. The molecule has 12 rings (SSSR count). The molecular weight excluding hydrogens is 790 g/mol. The summed E-state index contributed by atoms with van der Waals surface area (Å²) >= 11 is 0. The third-order valence-electron chi connectivity index (χ3n) is 12.2. The lowest BCUT2D eigenvalue weighted by molar-refractivity contribution is 0.260. The number of nitrogens with zero attached hydrogens (tertiary/aromatic N) is 2. The summed E-state index contributed by atoms with van der Waals surface area (Å²) in [6, 6.07) is 74.6. The van der Waals surface area contributed by atoms with Gasteiger partial charge in [-0.2, -0.15) is 0 Å². The fourth-order valence-corrected chi connectivity index (χ4v) is 8.79. The average Bonchev–Trinajstić information content (AvgIpc) is 4.00. The second-order valence-corrected chi connectivity index (χ2v) is 16.2. The van der Waals surface area contributed by atoms with Crippen LogP contribution in [0.4, 0.5) is 27.1 Å². The van der Waals surface area contributed by atoms with Crippen molar-refractivity contribution >= 4 is 55.4 Å². The van der Waals surface area contributed by atoms with E-state index in [4.69, 9.17) is 9.15 Å². The second-order valence-electron chi connectivity index (χ2n) is 16.2. The summed E-state index contributed by atoms with van der Waals surface area (Å²) in [4.78, 5) is 6.99. The Balaban J connectivity index is 0.857. The molecule has 5 nitrogen and oxygen atoms in total. The van der Waals surface area contributed by atoms with Gasteiger partial charge >= 0.3 is 0 Å². The average molecular weight is 828 g/mol. The monoisotopic (exact) mass is 827 g/mol. The maximum absolute atomic E-state index is 13.9. The zero-order valence-electron chi connectivity index (χ0n) is 34.5. The lowest BCUT2D eigenvalue weighted by Gasteiger charge is -2.26. The summed E-state index contributed by atoms with van der Waals surface area (Å²) in [6.45, 7) is 0. The van der Waals surface area contributed by atoms with Gasteiger partial charge in [0.25, 0.3) is 0 Å². The lowest BCUT2D eigenvalue weighted by atomic mass is 9.98. The number of nitrogens with one attached hydrogen (secondary N) is 1. The van der Waals surface area contributed by atoms with Crippen LogP contribution in [0.3, 0.4) is 0 Å². The van der Waals surface area contributed by atoms with Gasteiger partial charge in [0.15, 0.2) is 11.8 Å². The number of para-hydroxylation sites is 4. The molecule has 2 heterocycles. The number of fused-ring (bicyclic) bond motifs is 4. The van der Waals surface area contributed by atoms with Crippen LogP contribution in [0.1, 0.15) is 11.8 Å². The largest absolute Gasteiger partial charge is 0.464 e. The molecule has 1 aliphatic rings. The number of hydrogen-bond donors (Lipinski definition) is 1. The highest BCUT2D eigenvalue weighted by atomic mass is 19.1. The highest BCUT2D eigenvalue weighted by molar-refractivity contribution is 5.94. The van der Waals surface area contributed by atoms with Crippen LogP contribution in [0, 0.1) is 5.82 Å². The van der Waals surface area contributed by atoms with Gasteiger partial charge in [0, 0.05) is 28.2 Å². The molecule has 1 unspecified atom stereocenters. The van der Waals surface area contributed by atoms with E-state index >= 15 is 0 Å². The van der Waals surface area contributed by atoms with Crippen molar-refractivity contribution in [2.45, 2.75) is 6.23 Å². The van der Waals surface area contributed by atoms with Gasteiger partial charge in [-0.05, 0) is 152 Å². The van der Waals surface area contributed by atoms with Crippen molar-refractivity contribution in [2.24, 2.45) is 0 Å². The molecule has 10 aromatic carbocycles. The van der Waals surface area contributed by atoms with E-state index in [9.17, 15) is 4.39 Å². The zero-order chi connectivity index (χ0) is 42.6. The summed E-state index contributed by atoms with van der Waals surface area (Å²) in [5.41, 5.74) is 14.4. The van der Waals surface area contributed by atoms with Gasteiger partial charge in [-0.1, -0.05) is 121 Å². The van der Waals surface area contributed by atoms with Crippen molar-refractivity contribution in [1.82, 2.24) is 4.98 Å². The molecule has 0 saturated carbocycles. The number of rotatable bonds is 8. The summed E-state index contributed by atoms with van der Waals surface area (Å²) in [5, 5.41) is 7.64. The Bertz CT molecular complexity index is 3450. The lowest BCUT2D eigenvalue weighted by Crippen LogP contribution is -2.10. The van der Waals surface area contributed by atoms with Gasteiger partial charge in [0.2, 0.25) is 5.89 Å². The van der Waals surface area contributed by atoms with Crippen molar-refractivity contribution in [2.75, 3.05) is 10.2 Å². The quantitative estimate of drug-likeness (QED) is 0.165. The third-order valence-corrected chi connectivity index (χ3v) is 12.2. The maximum Gasteiger partial charge on any atom is 0.227 e. The standard InChI is InChI=1S/C58H38FN3O2/c59-49-27-21-45-33-43(17-19-47(45)35-49)44-18-20-48-36-52(32-26-46(48)34-44)62(50-28-22-39(23-29-50)37-9-13-41(14-10-37)57-60-53-5-1-3-7-55(53)63-57)51-30-24-40(25-31-51)38-11-15-42(16-12-38)58-61-54-6-2-4-8-56(54)64-58/h1-36,57,60H. The summed E-state index contributed by atoms with van der Waals surface area (Å²) in [6.07, 6.45) is -0.215. The zero-order valence-corrected chi connectivity index (χ0v) is 34.5. The molecule has 0 aliphatic carbocycles. The fraction of sp³-hybridized carbons (Fsp3) is 0.0172. The molecule has 304 valence electrons. The van der Waals surface area contributed by atoms with Crippen LogP contribution in [-0.2, 0) is 0 Å². The van der Waals surface area contributed by atoms with E-state index in [1.165, 1.54) is 6.07 Å². The van der Waals surface area contributed by atoms with E-state index in [0.29, 0.717) is 5.89 Å². The minimum Gasteiger partial charge on any atom is -0.464 e. The number of halogens is 1. The Kier molecular flexibility index (Phi) is 9.01. The Morgan fingerprint density at radius 2 is 0.938 bits per heavy atom. The molecule has 0 spiro atoms. The molecule has 11 aromatic rings. The Labute approximate surface area is 369 Å². The third kappa shape index (κ3) is 6.97. The van der Waals surface area contributed by atoms with Crippen molar-refractivity contribution in [3.8, 4) is 50.6 Å². The van der Waals surface area contributed by atoms with Crippen molar-refractivity contribution < 1.29 is 13.5 Å². The summed E-state index contributed by atoms with van der Waals surface area (Å²) in [7, 11) is 0. The number of anilines is 4. The number of benzene rings is 10. The number of aromatic nitrogens is 1. The molecule has 1 atom stereocenters. The Hall–Kier alpha value is -8.48. The first-order chi connectivity index (χ1) is 31.5. The predicted octanol–water partition coefficient (Wildman–Crippen LogP) is 15.9. The highest BCUT2D eigenvalue weighted by Crippen LogP contribution is 2.41. The van der Waals surface area contributed by atoms with Crippen molar-refractivity contribution in [1.29, 1.82) is 0 Å². The van der Waals surface area contributed by atoms with Gasteiger partial charge in [-0.3, -0.25) is 0 Å². The van der Waals surface area contributed by atoms with Crippen LogP contribution in [0.5, 0.6) is 5.75 Å². The van der Waals surface area contributed by atoms with E-state index < -0.39 is 0 Å². The molecule has 1 N–H and O–H groups in total. The van der Waals surface area contributed by atoms with Crippen molar-refractivity contribution in [3.63, 3.8) is 0 Å². The summed E-state index contributed by atoms with van der Waals surface area (Å²) in [5.74, 6) is 1.26. The van der Waals surface area contributed by atoms with Crippen LogP contribution in [-0.4, -0.2) is 4.98 Å². The van der Waals surface area contributed by atoms with Crippen LogP contribution < -0.4 is 15.0 Å². The topological polar surface area (TPSA) is 50.5 Å². The second kappa shape index (κ2) is 15.5. The van der Waals surface area contributed by atoms with Crippen LogP contribution in [0.25, 0.3) is 77.5 Å². The molecular formula is C58H38FN3O2. The Morgan fingerprint density at radius 3 is 1.59 bits per heavy atom. The predicted molar refractivity (Wildman–Crippen MR) is 259 cm³/mol.